The fraction of sp³-hybridized carbons (Fsp3) is 1.00. The van der Waals surface area contributed by atoms with Gasteiger partial charge in [0.15, 0.2) is 9.84 Å². The Morgan fingerprint density at radius 3 is 2.20 bits per heavy atom. The topological polar surface area (TPSA) is 60.4 Å². The van der Waals surface area contributed by atoms with Crippen molar-refractivity contribution in [2.45, 2.75) is 26.1 Å². The second kappa shape index (κ2) is 4.52. The molecular formula is C8H16FO4PS. The summed E-state index contributed by atoms with van der Waals surface area (Å²) in [5.41, 5.74) is 0. The highest BCUT2D eigenvalue weighted by Crippen LogP contribution is 2.48. The van der Waals surface area contributed by atoms with Gasteiger partial charge >= 0.3 is 0 Å². The van der Waals surface area contributed by atoms with Crippen molar-refractivity contribution in [2.75, 3.05) is 23.8 Å². The number of hydrogen-bond donors (Lipinski definition) is 0. The average Bonchev–Trinajstić information content (AvgIpc) is 2.39. The minimum Gasteiger partial charge on any atom is -0.321 e. The minimum atomic E-state index is -3.35. The maximum Gasteiger partial charge on any atom is 0.203 e. The van der Waals surface area contributed by atoms with E-state index in [0.717, 1.165) is 0 Å². The molecule has 0 N–H and O–H groups in total. The van der Waals surface area contributed by atoms with Crippen LogP contribution in [0, 0.1) is 0 Å². The van der Waals surface area contributed by atoms with Crippen molar-refractivity contribution in [1.29, 1.82) is 0 Å². The second-order valence-corrected chi connectivity index (χ2v) is 8.94. The van der Waals surface area contributed by atoms with E-state index < -0.39 is 35.2 Å². The summed E-state index contributed by atoms with van der Waals surface area (Å²) in [7, 11) is -6.18. The lowest BCUT2D eigenvalue weighted by atomic mass is 10.3. The predicted molar refractivity (Wildman–Crippen MR) is 57.1 cm³/mol. The lowest BCUT2D eigenvalue weighted by Crippen LogP contribution is -2.23. The third-order valence-corrected chi connectivity index (χ3v) is 6.77. The van der Waals surface area contributed by atoms with E-state index in [0.29, 0.717) is 12.3 Å². The predicted octanol–water partition coefficient (Wildman–Crippen LogP) is 1.46. The molecule has 0 aliphatic carbocycles. The van der Waals surface area contributed by atoms with E-state index in [4.69, 9.17) is 4.52 Å². The van der Waals surface area contributed by atoms with Gasteiger partial charge in [0, 0.05) is 12.3 Å². The molecule has 0 saturated carbocycles. The molecule has 1 saturated heterocycles. The highest BCUT2D eigenvalue weighted by atomic mass is 32.2. The van der Waals surface area contributed by atoms with Crippen LogP contribution in [-0.2, 0) is 18.9 Å². The Balaban J connectivity index is 2.72. The van der Waals surface area contributed by atoms with Gasteiger partial charge in [0.05, 0.1) is 11.5 Å². The van der Waals surface area contributed by atoms with E-state index in [-0.39, 0.29) is 5.75 Å². The van der Waals surface area contributed by atoms with Gasteiger partial charge in [-0.1, -0.05) is 13.8 Å². The van der Waals surface area contributed by atoms with Crippen LogP contribution in [0.3, 0.4) is 0 Å². The van der Waals surface area contributed by atoms with Gasteiger partial charge in [-0.2, -0.15) is 0 Å². The summed E-state index contributed by atoms with van der Waals surface area (Å²) in [6.07, 6.45) is -1.96. The van der Waals surface area contributed by atoms with Crippen LogP contribution in [0.4, 0.5) is 4.39 Å². The largest absolute Gasteiger partial charge is 0.321 e. The molecule has 0 aromatic heterocycles. The first-order chi connectivity index (χ1) is 6.82. The average molecular weight is 258 g/mol. The molecule has 0 spiro atoms. The summed E-state index contributed by atoms with van der Waals surface area (Å²) < 4.78 is 52.5. The molecule has 0 amide bonds. The molecular weight excluding hydrogens is 242 g/mol. The Hall–Kier alpha value is 0.0700. The lowest BCUT2D eigenvalue weighted by Gasteiger charge is -2.20. The van der Waals surface area contributed by atoms with E-state index in [1.807, 2.05) is 0 Å². The van der Waals surface area contributed by atoms with Crippen molar-refractivity contribution in [2.24, 2.45) is 0 Å². The van der Waals surface area contributed by atoms with Crippen molar-refractivity contribution in [3.8, 4) is 0 Å². The number of rotatable bonds is 4. The summed E-state index contributed by atoms with van der Waals surface area (Å²) in [6.45, 7) is 3.39. The molecule has 1 aliphatic heterocycles. The molecule has 1 fully saturated rings. The Labute approximate surface area is 89.6 Å². The molecule has 2 unspecified atom stereocenters. The van der Waals surface area contributed by atoms with Gasteiger partial charge in [-0.3, -0.25) is 4.57 Å². The summed E-state index contributed by atoms with van der Waals surface area (Å²) in [5.74, 6) is -0.858. The van der Waals surface area contributed by atoms with Crippen LogP contribution in [0.1, 0.15) is 13.8 Å². The summed E-state index contributed by atoms with van der Waals surface area (Å²) in [4.78, 5) is 0. The van der Waals surface area contributed by atoms with Gasteiger partial charge in [0.25, 0.3) is 0 Å². The van der Waals surface area contributed by atoms with Crippen LogP contribution in [-0.4, -0.2) is 44.5 Å². The zero-order valence-electron chi connectivity index (χ0n) is 8.85. The van der Waals surface area contributed by atoms with Crippen LogP contribution < -0.4 is 0 Å². The molecule has 1 rings (SSSR count). The number of halogens is 1. The van der Waals surface area contributed by atoms with E-state index in [9.17, 15) is 17.4 Å². The van der Waals surface area contributed by atoms with Gasteiger partial charge in [-0.15, -0.1) is 0 Å². The zero-order valence-corrected chi connectivity index (χ0v) is 10.6. The number of hydrogen-bond acceptors (Lipinski definition) is 4. The maximum atomic E-state index is 13.3. The first-order valence-corrected chi connectivity index (χ1v) is 8.74. The molecule has 4 nitrogen and oxygen atoms in total. The van der Waals surface area contributed by atoms with Crippen LogP contribution in [0.15, 0.2) is 0 Å². The summed E-state index contributed by atoms with van der Waals surface area (Å²) in [5, 5.41) is 0. The molecule has 1 aliphatic rings. The third kappa shape index (κ3) is 3.26. The van der Waals surface area contributed by atoms with Crippen LogP contribution in [0.25, 0.3) is 0 Å². The van der Waals surface area contributed by atoms with Crippen molar-refractivity contribution in [3.63, 3.8) is 0 Å². The van der Waals surface area contributed by atoms with E-state index >= 15 is 0 Å². The molecule has 15 heavy (non-hydrogen) atoms. The molecule has 90 valence electrons. The Kier molecular flexibility index (Phi) is 3.95. The number of alkyl halides is 1. The highest BCUT2D eigenvalue weighted by molar-refractivity contribution is 7.91. The van der Waals surface area contributed by atoms with Crippen molar-refractivity contribution in [3.05, 3.63) is 0 Å². The fourth-order valence-electron chi connectivity index (χ4n) is 1.49. The fourth-order valence-corrected chi connectivity index (χ4v) is 4.65. The van der Waals surface area contributed by atoms with Crippen molar-refractivity contribution in [1.82, 2.24) is 0 Å². The van der Waals surface area contributed by atoms with Gasteiger partial charge in [0.1, 0.15) is 12.3 Å². The Bertz CT molecular complexity index is 359. The van der Waals surface area contributed by atoms with Crippen molar-refractivity contribution >= 4 is 17.2 Å². The minimum absolute atomic E-state index is 0.312. The Morgan fingerprint density at radius 1 is 1.33 bits per heavy atom. The number of sulfone groups is 1. The smallest absolute Gasteiger partial charge is 0.203 e. The molecule has 7 heteroatoms. The van der Waals surface area contributed by atoms with Crippen LogP contribution in [0.5, 0.6) is 0 Å². The maximum absolute atomic E-state index is 13.3. The van der Waals surface area contributed by atoms with Gasteiger partial charge in [0.2, 0.25) is 7.37 Å². The van der Waals surface area contributed by atoms with Crippen LogP contribution in [0.2, 0.25) is 0 Å². The molecule has 1 heterocycles. The molecule has 0 aromatic rings. The van der Waals surface area contributed by atoms with E-state index in [2.05, 4.69) is 0 Å². The lowest BCUT2D eigenvalue weighted by molar-refractivity contribution is 0.143. The monoisotopic (exact) mass is 258 g/mol. The third-order valence-electron chi connectivity index (χ3n) is 2.53. The zero-order chi connectivity index (χ0) is 11.7. The van der Waals surface area contributed by atoms with Gasteiger partial charge in [-0.05, 0) is 0 Å². The Morgan fingerprint density at radius 2 is 1.87 bits per heavy atom. The van der Waals surface area contributed by atoms with Gasteiger partial charge < -0.3 is 4.52 Å². The molecule has 0 aromatic carbocycles. The van der Waals surface area contributed by atoms with E-state index in [1.54, 1.807) is 13.8 Å². The van der Waals surface area contributed by atoms with Crippen molar-refractivity contribution < 1.29 is 21.9 Å². The summed E-state index contributed by atoms with van der Waals surface area (Å²) >= 11 is 0. The normalized spacial score (nSPS) is 30.6. The SMILES string of the molecule is CCP(=O)(CC)OC1CS(=O)(=O)CC1F. The molecule has 2 atom stereocenters. The highest BCUT2D eigenvalue weighted by Gasteiger charge is 2.41. The first-order valence-electron chi connectivity index (χ1n) is 4.93. The summed E-state index contributed by atoms with van der Waals surface area (Å²) in [6, 6.07) is 0. The quantitative estimate of drug-likeness (QED) is 0.716. The van der Waals surface area contributed by atoms with E-state index in [1.165, 1.54) is 0 Å². The first kappa shape index (κ1) is 13.1. The second-order valence-electron chi connectivity index (χ2n) is 3.68. The van der Waals surface area contributed by atoms with Gasteiger partial charge in [-0.25, -0.2) is 12.8 Å². The van der Waals surface area contributed by atoms with Crippen LogP contribution >= 0.6 is 7.37 Å². The molecule has 0 bridgehead atoms. The molecule has 0 radical (unpaired) electrons. The standard InChI is InChI=1S/C8H16FO4PS/c1-3-14(10,4-2)13-8-6-15(11,12)5-7(8)9/h7-8H,3-6H2,1-2H3.